The topological polar surface area (TPSA) is 94.6 Å². The van der Waals surface area contributed by atoms with Crippen LogP contribution >= 0.6 is 11.3 Å². The molecule has 2 N–H and O–H groups in total. The number of anilines is 1. The van der Waals surface area contributed by atoms with Crippen molar-refractivity contribution in [3.05, 3.63) is 46.5 Å². The summed E-state index contributed by atoms with van der Waals surface area (Å²) in [5.41, 5.74) is 1.47. The maximum atomic E-state index is 13.0. The van der Waals surface area contributed by atoms with Gasteiger partial charge in [-0.15, -0.1) is 11.3 Å². The minimum Gasteiger partial charge on any atom is -0.319 e. The fraction of sp³-hybridized carbons (Fsp3) is 0.478. The number of likely N-dealkylation sites (tertiary alicyclic amines) is 1. The maximum absolute atomic E-state index is 13.0. The molecule has 0 aliphatic carbocycles. The normalized spacial score (nSPS) is 24.0. The summed E-state index contributed by atoms with van der Waals surface area (Å²) in [5.74, 6) is -0.203. The van der Waals surface area contributed by atoms with Crippen molar-refractivity contribution in [2.24, 2.45) is 5.92 Å². The smallest absolute Gasteiger partial charge is 0.319 e. The zero-order chi connectivity index (χ0) is 22.9. The number of aromatic nitrogens is 1. The molecule has 0 spiro atoms. The third-order valence-electron chi connectivity index (χ3n) is 6.13. The van der Waals surface area contributed by atoms with Crippen molar-refractivity contribution >= 4 is 34.3 Å². The summed E-state index contributed by atoms with van der Waals surface area (Å²) in [4.78, 5) is 45.9. The molecule has 2 aliphatic heterocycles. The Balaban J connectivity index is 1.36. The zero-order valence-corrected chi connectivity index (χ0v) is 19.5. The molecule has 0 radical (unpaired) electrons. The van der Waals surface area contributed by atoms with E-state index >= 15 is 0 Å². The van der Waals surface area contributed by atoms with Gasteiger partial charge in [0.2, 0.25) is 5.91 Å². The van der Waals surface area contributed by atoms with Gasteiger partial charge in [-0.3, -0.25) is 19.4 Å². The molecule has 2 fully saturated rings. The van der Waals surface area contributed by atoms with Gasteiger partial charge in [0.25, 0.3) is 5.91 Å². The van der Waals surface area contributed by atoms with Crippen LogP contribution in [0.5, 0.6) is 0 Å². The molecule has 4 amide bonds. The van der Waals surface area contributed by atoms with Crippen molar-refractivity contribution in [3.8, 4) is 0 Å². The fourth-order valence-electron chi connectivity index (χ4n) is 4.32. The predicted molar refractivity (Wildman–Crippen MR) is 123 cm³/mol. The molecule has 0 bridgehead atoms. The van der Waals surface area contributed by atoms with Gasteiger partial charge >= 0.3 is 6.03 Å². The number of nitrogens with one attached hydrogen (secondary N) is 2. The van der Waals surface area contributed by atoms with E-state index in [2.05, 4.69) is 27.4 Å². The average Bonchev–Trinajstić information content (AvgIpc) is 3.26. The van der Waals surface area contributed by atoms with Crippen LogP contribution in [-0.2, 0) is 21.7 Å². The van der Waals surface area contributed by atoms with Crippen molar-refractivity contribution in [2.45, 2.75) is 45.7 Å². The summed E-state index contributed by atoms with van der Waals surface area (Å²) in [6, 6.07) is 6.83. The van der Waals surface area contributed by atoms with Gasteiger partial charge in [-0.1, -0.05) is 36.8 Å². The van der Waals surface area contributed by atoms with Crippen LogP contribution in [0.1, 0.15) is 43.5 Å². The molecule has 2 atom stereocenters. The van der Waals surface area contributed by atoms with Crippen molar-refractivity contribution in [1.29, 1.82) is 0 Å². The number of urea groups is 1. The number of nitrogens with zero attached hydrogens (tertiary/aromatic N) is 3. The number of benzene rings is 1. The number of hydrogen-bond acceptors (Lipinski definition) is 6. The molecular formula is C23H29N5O3S. The molecule has 0 saturated carbocycles. The lowest BCUT2D eigenvalue weighted by molar-refractivity contribution is -0.133. The number of thiazole rings is 1. The molecule has 32 heavy (non-hydrogen) atoms. The number of aryl methyl sites for hydroxylation is 1. The average molecular weight is 456 g/mol. The Morgan fingerprint density at radius 2 is 2.06 bits per heavy atom. The Morgan fingerprint density at radius 3 is 2.78 bits per heavy atom. The zero-order valence-electron chi connectivity index (χ0n) is 18.7. The lowest BCUT2D eigenvalue weighted by Crippen LogP contribution is -2.42. The molecule has 3 heterocycles. The Hall–Kier alpha value is -2.78. The highest BCUT2D eigenvalue weighted by atomic mass is 32.1. The summed E-state index contributed by atoms with van der Waals surface area (Å²) in [5, 5.41) is 7.87. The van der Waals surface area contributed by atoms with Crippen LogP contribution in [0.2, 0.25) is 0 Å². The van der Waals surface area contributed by atoms with Crippen LogP contribution in [0.15, 0.2) is 29.6 Å². The van der Waals surface area contributed by atoms with Gasteiger partial charge in [0.05, 0.1) is 5.69 Å². The van der Waals surface area contributed by atoms with E-state index in [4.69, 9.17) is 0 Å². The molecule has 8 nitrogen and oxygen atoms in total. The van der Waals surface area contributed by atoms with Crippen LogP contribution in [0.25, 0.3) is 0 Å². The second-order valence-corrected chi connectivity index (χ2v) is 9.85. The van der Waals surface area contributed by atoms with Crippen molar-refractivity contribution < 1.29 is 14.4 Å². The van der Waals surface area contributed by atoms with Gasteiger partial charge in [0.15, 0.2) is 5.13 Å². The molecule has 1 aromatic carbocycles. The van der Waals surface area contributed by atoms with E-state index < -0.39 is 23.4 Å². The van der Waals surface area contributed by atoms with Crippen molar-refractivity contribution in [3.63, 3.8) is 0 Å². The molecule has 2 saturated heterocycles. The Morgan fingerprint density at radius 1 is 1.31 bits per heavy atom. The van der Waals surface area contributed by atoms with E-state index in [0.29, 0.717) is 16.6 Å². The van der Waals surface area contributed by atoms with Crippen LogP contribution in [0, 0.1) is 12.8 Å². The third-order valence-corrected chi connectivity index (χ3v) is 6.94. The number of piperidine rings is 1. The highest BCUT2D eigenvalue weighted by Crippen LogP contribution is 2.29. The minimum atomic E-state index is -1.19. The van der Waals surface area contributed by atoms with Gasteiger partial charge in [0.1, 0.15) is 12.1 Å². The largest absolute Gasteiger partial charge is 0.325 e. The number of rotatable bonds is 6. The molecule has 0 unspecified atom stereocenters. The minimum absolute atomic E-state index is 0.356. The van der Waals surface area contributed by atoms with Crippen LogP contribution < -0.4 is 10.6 Å². The van der Waals surface area contributed by atoms with Gasteiger partial charge < -0.3 is 10.6 Å². The van der Waals surface area contributed by atoms with E-state index in [0.717, 1.165) is 35.8 Å². The monoisotopic (exact) mass is 455 g/mol. The Bertz CT molecular complexity index is 1020. The molecule has 1 aromatic heterocycles. The summed E-state index contributed by atoms with van der Waals surface area (Å²) in [6.07, 6.45) is 2.46. The molecule has 2 aliphatic rings. The number of imide groups is 1. The quantitative estimate of drug-likeness (QED) is 0.653. The number of hydrogen-bond donors (Lipinski definition) is 2. The molecule has 170 valence electrons. The van der Waals surface area contributed by atoms with E-state index in [1.807, 2.05) is 36.6 Å². The van der Waals surface area contributed by atoms with E-state index in [1.54, 1.807) is 6.92 Å². The molecule has 9 heteroatoms. The van der Waals surface area contributed by atoms with Crippen molar-refractivity contribution in [1.82, 2.24) is 20.1 Å². The number of carbonyl (C=O) groups excluding carboxylic acids is 3. The third kappa shape index (κ3) is 4.68. The summed E-state index contributed by atoms with van der Waals surface area (Å²) < 4.78 is 0. The van der Waals surface area contributed by atoms with E-state index in [-0.39, 0.29) is 6.54 Å². The van der Waals surface area contributed by atoms with Crippen LogP contribution in [-0.4, -0.2) is 52.3 Å². The first-order valence-corrected chi connectivity index (χ1v) is 11.8. The first-order chi connectivity index (χ1) is 15.2. The van der Waals surface area contributed by atoms with Crippen LogP contribution in [0.3, 0.4) is 0 Å². The van der Waals surface area contributed by atoms with Gasteiger partial charge in [-0.25, -0.2) is 9.78 Å². The predicted octanol–water partition coefficient (Wildman–Crippen LogP) is 3.09. The molecule has 4 rings (SSSR count). The maximum Gasteiger partial charge on any atom is 0.325 e. The second-order valence-electron chi connectivity index (χ2n) is 8.99. The lowest BCUT2D eigenvalue weighted by Gasteiger charge is -2.30. The molecular weight excluding hydrogens is 426 g/mol. The SMILES string of the molecule is Cc1ccc([C@]2(C)NC(=O)N(CC(=O)Nc3nc(CN4CCC[C@@H](C)C4)cs3)C2=O)cc1. The summed E-state index contributed by atoms with van der Waals surface area (Å²) in [7, 11) is 0. The second kappa shape index (κ2) is 8.99. The Kier molecular flexibility index (Phi) is 6.30. The van der Waals surface area contributed by atoms with Gasteiger partial charge in [0, 0.05) is 18.5 Å². The Labute approximate surface area is 192 Å². The fourth-order valence-corrected chi connectivity index (χ4v) is 5.04. The number of carbonyl (C=O) groups is 3. The molecule has 2 aromatic rings. The van der Waals surface area contributed by atoms with Gasteiger partial charge in [-0.2, -0.15) is 0 Å². The van der Waals surface area contributed by atoms with E-state index in [1.165, 1.54) is 24.2 Å². The lowest BCUT2D eigenvalue weighted by atomic mass is 9.91. The first-order valence-electron chi connectivity index (χ1n) is 10.9. The van der Waals surface area contributed by atoms with E-state index in [9.17, 15) is 14.4 Å². The van der Waals surface area contributed by atoms with Crippen LogP contribution in [0.4, 0.5) is 9.93 Å². The highest BCUT2D eigenvalue weighted by Gasteiger charge is 2.49. The van der Waals surface area contributed by atoms with Gasteiger partial charge in [-0.05, 0) is 44.7 Å². The number of amides is 4. The standard InChI is InChI=1S/C23H29N5O3S/c1-15-6-8-17(9-7-15)23(3)20(30)28(22(31)26-23)13-19(29)25-21-24-18(14-32-21)12-27-10-4-5-16(2)11-27/h6-9,14,16H,4-5,10-13H2,1-3H3,(H,26,31)(H,24,25,29)/t16-,23+/m1/s1. The first kappa shape index (κ1) is 22.4. The summed E-state index contributed by atoms with van der Waals surface area (Å²) >= 11 is 1.35. The van der Waals surface area contributed by atoms with Crippen molar-refractivity contribution in [2.75, 3.05) is 25.0 Å². The summed E-state index contributed by atoms with van der Waals surface area (Å²) in [6.45, 7) is 8.40. The highest BCUT2D eigenvalue weighted by molar-refractivity contribution is 7.13.